The lowest BCUT2D eigenvalue weighted by Gasteiger charge is -2.15. The van der Waals surface area contributed by atoms with Crippen LogP contribution in [0.1, 0.15) is 10.4 Å². The molecule has 0 aliphatic heterocycles. The normalized spacial score (nSPS) is 10.6. The third-order valence-corrected chi connectivity index (χ3v) is 5.02. The van der Waals surface area contributed by atoms with Crippen molar-refractivity contribution in [3.63, 3.8) is 0 Å². The number of hydrogen-bond acceptors (Lipinski definition) is 5. The van der Waals surface area contributed by atoms with Gasteiger partial charge in [0.1, 0.15) is 5.82 Å². The minimum absolute atomic E-state index is 0.332. The van der Waals surface area contributed by atoms with Gasteiger partial charge in [-0.3, -0.25) is 4.79 Å². The molecule has 0 aliphatic rings. The zero-order valence-corrected chi connectivity index (χ0v) is 17.8. The fourth-order valence-electron chi connectivity index (χ4n) is 3.48. The molecule has 32 heavy (non-hydrogen) atoms. The lowest BCUT2D eigenvalue weighted by atomic mass is 10.0. The summed E-state index contributed by atoms with van der Waals surface area (Å²) in [7, 11) is 4.53. The standard InChI is InChI=1S/C25H21FN2O4/c1-30-22-12-17(13-23(31-2)24(22)32-3)27-25(29)19-14-21(15-8-10-16(26)11-9-15)28-20-7-5-4-6-18(19)20/h4-14H,1-3H3,(H,27,29). The molecule has 1 aromatic heterocycles. The highest BCUT2D eigenvalue weighted by molar-refractivity contribution is 6.13. The van der Waals surface area contributed by atoms with Crippen LogP contribution in [-0.2, 0) is 0 Å². The second-order valence-corrected chi connectivity index (χ2v) is 6.95. The first-order valence-electron chi connectivity index (χ1n) is 9.81. The van der Waals surface area contributed by atoms with Gasteiger partial charge in [0.05, 0.1) is 38.1 Å². The van der Waals surface area contributed by atoms with Gasteiger partial charge >= 0.3 is 0 Å². The van der Waals surface area contributed by atoms with Gasteiger partial charge in [0.15, 0.2) is 11.5 Å². The Morgan fingerprint density at radius 2 is 1.53 bits per heavy atom. The maximum Gasteiger partial charge on any atom is 0.256 e. The van der Waals surface area contributed by atoms with Crippen molar-refractivity contribution >= 4 is 22.5 Å². The molecular weight excluding hydrogens is 411 g/mol. The molecule has 4 rings (SSSR count). The van der Waals surface area contributed by atoms with E-state index < -0.39 is 0 Å². The van der Waals surface area contributed by atoms with E-state index in [-0.39, 0.29) is 11.7 Å². The Balaban J connectivity index is 1.78. The molecule has 7 heteroatoms. The summed E-state index contributed by atoms with van der Waals surface area (Å²) in [6.45, 7) is 0. The number of benzene rings is 3. The van der Waals surface area contributed by atoms with Crippen LogP contribution in [-0.4, -0.2) is 32.2 Å². The molecule has 0 saturated heterocycles. The predicted octanol–water partition coefficient (Wildman–Crippen LogP) is 5.32. The minimum Gasteiger partial charge on any atom is -0.493 e. The number of nitrogens with one attached hydrogen (secondary N) is 1. The van der Waals surface area contributed by atoms with Crippen molar-refractivity contribution in [2.45, 2.75) is 0 Å². The zero-order valence-electron chi connectivity index (χ0n) is 17.8. The van der Waals surface area contributed by atoms with Crippen LogP contribution in [0.4, 0.5) is 10.1 Å². The van der Waals surface area contributed by atoms with Gasteiger partial charge < -0.3 is 19.5 Å². The molecule has 6 nitrogen and oxygen atoms in total. The first-order chi connectivity index (χ1) is 15.5. The number of methoxy groups -OCH3 is 3. The number of fused-ring (bicyclic) bond motifs is 1. The molecule has 162 valence electrons. The first kappa shape index (κ1) is 21.1. The van der Waals surface area contributed by atoms with Crippen LogP contribution in [0.2, 0.25) is 0 Å². The molecule has 0 saturated carbocycles. The molecule has 1 heterocycles. The third kappa shape index (κ3) is 4.05. The molecule has 0 fully saturated rings. The quantitative estimate of drug-likeness (QED) is 0.447. The number of hydrogen-bond donors (Lipinski definition) is 1. The number of para-hydroxylation sites is 1. The molecule has 0 unspecified atom stereocenters. The summed E-state index contributed by atoms with van der Waals surface area (Å²) >= 11 is 0. The van der Waals surface area contributed by atoms with E-state index in [1.165, 1.54) is 33.5 Å². The molecule has 0 atom stereocenters. The molecule has 0 aliphatic carbocycles. The Morgan fingerprint density at radius 3 is 2.16 bits per heavy atom. The SMILES string of the molecule is COc1cc(NC(=O)c2cc(-c3ccc(F)cc3)nc3ccccc23)cc(OC)c1OC. The Morgan fingerprint density at radius 1 is 0.875 bits per heavy atom. The van der Waals surface area contributed by atoms with Gasteiger partial charge in [-0.05, 0) is 36.4 Å². The van der Waals surface area contributed by atoms with Crippen LogP contribution in [0.3, 0.4) is 0 Å². The summed E-state index contributed by atoms with van der Waals surface area (Å²) in [6.07, 6.45) is 0. The molecule has 3 aromatic carbocycles. The van der Waals surface area contributed by atoms with E-state index in [9.17, 15) is 9.18 Å². The van der Waals surface area contributed by atoms with Crippen molar-refractivity contribution in [1.82, 2.24) is 4.98 Å². The maximum absolute atomic E-state index is 13.4. The maximum atomic E-state index is 13.4. The Kier molecular flexibility index (Phi) is 5.89. The fourth-order valence-corrected chi connectivity index (χ4v) is 3.48. The molecule has 1 N–H and O–H groups in total. The number of carbonyl (C=O) groups excluding carboxylic acids is 1. The topological polar surface area (TPSA) is 69.7 Å². The highest BCUT2D eigenvalue weighted by Crippen LogP contribution is 2.40. The Labute approximate surface area is 184 Å². The fraction of sp³-hybridized carbons (Fsp3) is 0.120. The average molecular weight is 432 g/mol. The molecule has 4 aromatic rings. The molecule has 1 amide bonds. The van der Waals surface area contributed by atoms with Gasteiger partial charge in [-0.15, -0.1) is 0 Å². The van der Waals surface area contributed by atoms with Crippen LogP contribution >= 0.6 is 0 Å². The van der Waals surface area contributed by atoms with Crippen molar-refractivity contribution < 1.29 is 23.4 Å². The van der Waals surface area contributed by atoms with Crippen LogP contribution < -0.4 is 19.5 Å². The number of rotatable bonds is 6. The number of nitrogens with zero attached hydrogens (tertiary/aromatic N) is 1. The predicted molar refractivity (Wildman–Crippen MR) is 121 cm³/mol. The van der Waals surface area contributed by atoms with Crippen molar-refractivity contribution in [2.75, 3.05) is 26.6 Å². The second-order valence-electron chi connectivity index (χ2n) is 6.95. The minimum atomic E-state index is -0.338. The number of amides is 1. The summed E-state index contributed by atoms with van der Waals surface area (Å²) < 4.78 is 29.4. The van der Waals surface area contributed by atoms with Gasteiger partial charge in [0.2, 0.25) is 5.75 Å². The number of halogens is 1. The van der Waals surface area contributed by atoms with Crippen LogP contribution in [0.5, 0.6) is 17.2 Å². The Hall–Kier alpha value is -4.13. The largest absolute Gasteiger partial charge is 0.493 e. The van der Waals surface area contributed by atoms with Crippen LogP contribution in [0, 0.1) is 5.82 Å². The lowest BCUT2D eigenvalue weighted by molar-refractivity contribution is 0.102. The van der Waals surface area contributed by atoms with Crippen molar-refractivity contribution in [3.8, 4) is 28.5 Å². The van der Waals surface area contributed by atoms with E-state index in [0.717, 1.165) is 0 Å². The molecular formula is C25H21FN2O4. The van der Waals surface area contributed by atoms with Gasteiger partial charge in [-0.2, -0.15) is 0 Å². The third-order valence-electron chi connectivity index (χ3n) is 5.02. The lowest BCUT2D eigenvalue weighted by Crippen LogP contribution is -2.13. The smallest absolute Gasteiger partial charge is 0.256 e. The van der Waals surface area contributed by atoms with E-state index in [1.807, 2.05) is 24.3 Å². The van der Waals surface area contributed by atoms with Crippen molar-refractivity contribution in [3.05, 3.63) is 78.1 Å². The van der Waals surface area contributed by atoms with Gasteiger partial charge in [-0.1, -0.05) is 18.2 Å². The summed E-state index contributed by atoms with van der Waals surface area (Å²) in [5.74, 6) is 0.611. The van der Waals surface area contributed by atoms with Gasteiger partial charge in [-0.25, -0.2) is 9.37 Å². The highest BCUT2D eigenvalue weighted by Gasteiger charge is 2.18. The average Bonchev–Trinajstić information content (AvgIpc) is 2.83. The number of carbonyl (C=O) groups is 1. The monoisotopic (exact) mass is 432 g/mol. The molecule has 0 bridgehead atoms. The first-order valence-corrected chi connectivity index (χ1v) is 9.81. The Bertz CT molecular complexity index is 1260. The van der Waals surface area contributed by atoms with Crippen molar-refractivity contribution in [2.24, 2.45) is 0 Å². The summed E-state index contributed by atoms with van der Waals surface area (Å²) in [6, 6.07) is 18.4. The van der Waals surface area contributed by atoms with Crippen LogP contribution in [0.25, 0.3) is 22.2 Å². The van der Waals surface area contributed by atoms with Gasteiger partial charge in [0, 0.05) is 28.8 Å². The van der Waals surface area contributed by atoms with E-state index in [1.54, 1.807) is 30.3 Å². The summed E-state index contributed by atoms with van der Waals surface area (Å²) in [5, 5.41) is 3.59. The molecule has 0 radical (unpaired) electrons. The van der Waals surface area contributed by atoms with E-state index in [2.05, 4.69) is 10.3 Å². The van der Waals surface area contributed by atoms with Crippen molar-refractivity contribution in [1.29, 1.82) is 0 Å². The number of ether oxygens (including phenoxy) is 3. The summed E-state index contributed by atoms with van der Waals surface area (Å²) in [4.78, 5) is 18.0. The highest BCUT2D eigenvalue weighted by atomic mass is 19.1. The second kappa shape index (κ2) is 8.93. The molecule has 0 spiro atoms. The number of aromatic nitrogens is 1. The van der Waals surface area contributed by atoms with E-state index in [0.29, 0.717) is 50.7 Å². The number of anilines is 1. The summed E-state index contributed by atoms with van der Waals surface area (Å²) in [5.41, 5.74) is 2.85. The van der Waals surface area contributed by atoms with Crippen LogP contribution in [0.15, 0.2) is 66.7 Å². The van der Waals surface area contributed by atoms with Gasteiger partial charge in [0.25, 0.3) is 5.91 Å². The zero-order chi connectivity index (χ0) is 22.7. The number of pyridine rings is 1. The van der Waals surface area contributed by atoms with E-state index in [4.69, 9.17) is 14.2 Å². The van der Waals surface area contributed by atoms with E-state index >= 15 is 0 Å².